The molecule has 3 heteroatoms. The number of aryl methyl sites for hydroxylation is 1. The average molecular weight is 190 g/mol. The molecule has 0 saturated heterocycles. The predicted octanol–water partition coefficient (Wildman–Crippen LogP) is 0.749. The van der Waals surface area contributed by atoms with Gasteiger partial charge >= 0.3 is 0 Å². The third-order valence-electron chi connectivity index (χ3n) is 2.65. The highest BCUT2D eigenvalue weighted by Crippen LogP contribution is 2.30. The monoisotopic (exact) mass is 190 g/mol. The zero-order valence-corrected chi connectivity index (χ0v) is 7.99. The largest absolute Gasteiger partial charge is 0.348 e. The van der Waals surface area contributed by atoms with Gasteiger partial charge in [0.1, 0.15) is 0 Å². The Bertz CT molecular complexity index is 349. The van der Waals surface area contributed by atoms with Crippen LogP contribution in [0.2, 0.25) is 0 Å². The summed E-state index contributed by atoms with van der Waals surface area (Å²) in [6.45, 7) is 0.0681. The summed E-state index contributed by atoms with van der Waals surface area (Å²) in [5.41, 5.74) is 7.85. The van der Waals surface area contributed by atoms with Gasteiger partial charge in [-0.25, -0.2) is 0 Å². The molecule has 14 heavy (non-hydrogen) atoms. The van der Waals surface area contributed by atoms with Crippen LogP contribution in [0.25, 0.3) is 0 Å². The molecule has 3 N–H and O–H groups in total. The van der Waals surface area contributed by atoms with E-state index in [0.29, 0.717) is 0 Å². The number of carbonyl (C=O) groups is 1. The molecule has 1 atom stereocenters. The highest BCUT2D eigenvalue weighted by molar-refractivity contribution is 5.78. The van der Waals surface area contributed by atoms with E-state index in [1.807, 2.05) is 12.1 Å². The first-order valence-corrected chi connectivity index (χ1v) is 4.88. The standard InChI is InChI=1S/C11H14N2O/c12-7-11(14)13-10-6-5-8-3-1-2-4-9(8)10/h1-4,10H,5-7,12H2,(H,13,14)/t10-/m0/s1. The molecule has 1 aliphatic rings. The van der Waals surface area contributed by atoms with E-state index in [4.69, 9.17) is 5.73 Å². The van der Waals surface area contributed by atoms with E-state index < -0.39 is 0 Å². The van der Waals surface area contributed by atoms with Crippen LogP contribution in [0, 0.1) is 0 Å². The summed E-state index contributed by atoms with van der Waals surface area (Å²) in [4.78, 5) is 11.1. The summed E-state index contributed by atoms with van der Waals surface area (Å²) >= 11 is 0. The van der Waals surface area contributed by atoms with Crippen LogP contribution in [0.3, 0.4) is 0 Å². The fourth-order valence-corrected chi connectivity index (χ4v) is 1.96. The molecule has 1 aromatic rings. The molecule has 0 heterocycles. The van der Waals surface area contributed by atoms with E-state index in [-0.39, 0.29) is 18.5 Å². The number of nitrogens with two attached hydrogens (primary N) is 1. The maximum atomic E-state index is 11.1. The molecule has 0 saturated carbocycles. The molecule has 0 spiro atoms. The number of nitrogens with one attached hydrogen (secondary N) is 1. The molecule has 0 unspecified atom stereocenters. The third-order valence-corrected chi connectivity index (χ3v) is 2.65. The Hall–Kier alpha value is -1.35. The Morgan fingerprint density at radius 3 is 3.07 bits per heavy atom. The third kappa shape index (κ3) is 1.63. The van der Waals surface area contributed by atoms with E-state index in [9.17, 15) is 4.79 Å². The molecule has 0 radical (unpaired) electrons. The van der Waals surface area contributed by atoms with Gasteiger partial charge in [0, 0.05) is 0 Å². The van der Waals surface area contributed by atoms with Gasteiger partial charge in [-0.3, -0.25) is 4.79 Å². The first-order chi connectivity index (χ1) is 6.81. The lowest BCUT2D eigenvalue weighted by molar-refractivity contribution is -0.120. The van der Waals surface area contributed by atoms with Gasteiger partial charge in [-0.15, -0.1) is 0 Å². The average Bonchev–Trinajstić information content (AvgIpc) is 2.62. The number of hydrogen-bond acceptors (Lipinski definition) is 2. The summed E-state index contributed by atoms with van der Waals surface area (Å²) in [6.07, 6.45) is 2.04. The molecular weight excluding hydrogens is 176 g/mol. The van der Waals surface area contributed by atoms with Gasteiger partial charge in [-0.05, 0) is 24.0 Å². The number of rotatable bonds is 2. The Morgan fingerprint density at radius 1 is 1.50 bits per heavy atom. The highest BCUT2D eigenvalue weighted by Gasteiger charge is 2.22. The van der Waals surface area contributed by atoms with Crippen LogP contribution in [0.4, 0.5) is 0 Å². The second kappa shape index (κ2) is 3.80. The number of amides is 1. The van der Waals surface area contributed by atoms with Gasteiger partial charge < -0.3 is 11.1 Å². The second-order valence-electron chi connectivity index (χ2n) is 3.56. The number of carbonyl (C=O) groups excluding carboxylic acids is 1. The second-order valence-corrected chi connectivity index (χ2v) is 3.56. The lowest BCUT2D eigenvalue weighted by Crippen LogP contribution is -2.32. The fraction of sp³-hybridized carbons (Fsp3) is 0.364. The summed E-state index contributed by atoms with van der Waals surface area (Å²) in [7, 11) is 0. The van der Waals surface area contributed by atoms with Crippen LogP contribution in [0.1, 0.15) is 23.6 Å². The van der Waals surface area contributed by atoms with Gasteiger partial charge in [-0.2, -0.15) is 0 Å². The molecule has 1 amide bonds. The van der Waals surface area contributed by atoms with E-state index >= 15 is 0 Å². The Labute approximate surface area is 83.3 Å². The zero-order chi connectivity index (χ0) is 9.97. The molecule has 0 bridgehead atoms. The minimum absolute atomic E-state index is 0.0681. The van der Waals surface area contributed by atoms with Crippen molar-refractivity contribution >= 4 is 5.91 Å². The lowest BCUT2D eigenvalue weighted by atomic mass is 10.1. The van der Waals surface area contributed by atoms with Crippen LogP contribution in [-0.2, 0) is 11.2 Å². The van der Waals surface area contributed by atoms with Crippen LogP contribution in [0.15, 0.2) is 24.3 Å². The normalized spacial score (nSPS) is 19.1. The summed E-state index contributed by atoms with van der Waals surface area (Å²) in [5, 5.41) is 2.92. The maximum absolute atomic E-state index is 11.1. The molecule has 0 fully saturated rings. The summed E-state index contributed by atoms with van der Waals surface area (Å²) < 4.78 is 0. The maximum Gasteiger partial charge on any atom is 0.234 e. The van der Waals surface area contributed by atoms with Crippen molar-refractivity contribution in [2.75, 3.05) is 6.54 Å². The van der Waals surface area contributed by atoms with Crippen molar-refractivity contribution in [2.45, 2.75) is 18.9 Å². The van der Waals surface area contributed by atoms with Crippen molar-refractivity contribution < 1.29 is 4.79 Å². The van der Waals surface area contributed by atoms with Gasteiger partial charge in [0.15, 0.2) is 0 Å². The van der Waals surface area contributed by atoms with E-state index in [0.717, 1.165) is 12.8 Å². The predicted molar refractivity (Wildman–Crippen MR) is 54.7 cm³/mol. The molecule has 3 nitrogen and oxygen atoms in total. The van der Waals surface area contributed by atoms with Crippen LogP contribution >= 0.6 is 0 Å². The molecule has 74 valence electrons. The Balaban J connectivity index is 2.14. The van der Waals surface area contributed by atoms with Gasteiger partial charge in [0.2, 0.25) is 5.91 Å². The first-order valence-electron chi connectivity index (χ1n) is 4.88. The van der Waals surface area contributed by atoms with Crippen molar-refractivity contribution in [3.8, 4) is 0 Å². The SMILES string of the molecule is NCC(=O)N[C@H]1CCc2ccccc21. The lowest BCUT2D eigenvalue weighted by Gasteiger charge is -2.12. The zero-order valence-electron chi connectivity index (χ0n) is 7.99. The molecular formula is C11H14N2O. The van der Waals surface area contributed by atoms with Gasteiger partial charge in [-0.1, -0.05) is 24.3 Å². The fourth-order valence-electron chi connectivity index (χ4n) is 1.96. The van der Waals surface area contributed by atoms with Crippen LogP contribution in [0.5, 0.6) is 0 Å². The van der Waals surface area contributed by atoms with Crippen molar-refractivity contribution in [1.82, 2.24) is 5.32 Å². The van der Waals surface area contributed by atoms with Crippen LogP contribution < -0.4 is 11.1 Å². The van der Waals surface area contributed by atoms with Crippen molar-refractivity contribution in [1.29, 1.82) is 0 Å². The number of fused-ring (bicyclic) bond motifs is 1. The van der Waals surface area contributed by atoms with E-state index in [1.165, 1.54) is 11.1 Å². The number of hydrogen-bond donors (Lipinski definition) is 2. The number of benzene rings is 1. The minimum atomic E-state index is -0.0771. The molecule has 1 aliphatic carbocycles. The topological polar surface area (TPSA) is 55.1 Å². The highest BCUT2D eigenvalue weighted by atomic mass is 16.1. The Kier molecular flexibility index (Phi) is 2.50. The quantitative estimate of drug-likeness (QED) is 0.723. The van der Waals surface area contributed by atoms with E-state index in [2.05, 4.69) is 17.4 Å². The smallest absolute Gasteiger partial charge is 0.234 e. The van der Waals surface area contributed by atoms with Gasteiger partial charge in [0.05, 0.1) is 12.6 Å². The summed E-state index contributed by atoms with van der Waals surface area (Å²) in [5.74, 6) is -0.0771. The molecule has 0 aliphatic heterocycles. The van der Waals surface area contributed by atoms with E-state index in [1.54, 1.807) is 0 Å². The van der Waals surface area contributed by atoms with Gasteiger partial charge in [0.25, 0.3) is 0 Å². The van der Waals surface area contributed by atoms with Crippen LogP contribution in [-0.4, -0.2) is 12.5 Å². The van der Waals surface area contributed by atoms with Crippen molar-refractivity contribution in [2.24, 2.45) is 5.73 Å². The molecule has 0 aromatic heterocycles. The van der Waals surface area contributed by atoms with Crippen molar-refractivity contribution in [3.05, 3.63) is 35.4 Å². The first kappa shape index (κ1) is 9.21. The summed E-state index contributed by atoms with van der Waals surface area (Å²) in [6, 6.07) is 8.40. The molecule has 2 rings (SSSR count). The van der Waals surface area contributed by atoms with Crippen molar-refractivity contribution in [3.63, 3.8) is 0 Å². The Morgan fingerprint density at radius 2 is 2.29 bits per heavy atom. The molecule has 1 aromatic carbocycles. The minimum Gasteiger partial charge on any atom is -0.348 e.